The Morgan fingerprint density at radius 3 is 2.57 bits per heavy atom. The Bertz CT molecular complexity index is 885. The number of fused-ring (bicyclic) bond motifs is 1. The smallest absolute Gasteiger partial charge is 0.323 e. The highest BCUT2D eigenvalue weighted by atomic mass is 16.4. The lowest BCUT2D eigenvalue weighted by molar-refractivity contribution is -0.137. The fraction of sp³-hybridized carbons (Fsp3) is 0.176. The van der Waals surface area contributed by atoms with E-state index in [0.717, 1.165) is 5.56 Å². The summed E-state index contributed by atoms with van der Waals surface area (Å²) in [5.74, 6) is -0.371. The largest absolute Gasteiger partial charge is 0.480 e. The Balaban J connectivity index is 2.21. The maximum Gasteiger partial charge on any atom is 0.323 e. The van der Waals surface area contributed by atoms with Gasteiger partial charge in [-0.3, -0.25) is 14.6 Å². The van der Waals surface area contributed by atoms with Gasteiger partial charge < -0.3 is 9.67 Å². The van der Waals surface area contributed by atoms with Gasteiger partial charge in [-0.05, 0) is 30.3 Å². The molecule has 1 aromatic carbocycles. The van der Waals surface area contributed by atoms with Crippen molar-refractivity contribution in [3.63, 3.8) is 0 Å². The van der Waals surface area contributed by atoms with E-state index in [9.17, 15) is 14.7 Å². The summed E-state index contributed by atoms with van der Waals surface area (Å²) in [5.41, 5.74) is 2.66. The maximum absolute atomic E-state index is 11.9. The third kappa shape index (κ3) is 2.83. The molecule has 2 heterocycles. The molecule has 0 amide bonds. The maximum atomic E-state index is 11.9. The zero-order valence-electron chi connectivity index (χ0n) is 12.6. The molecule has 2 aromatic heterocycles. The zero-order valence-corrected chi connectivity index (χ0v) is 12.6. The molecule has 6 nitrogen and oxygen atoms in total. The average Bonchev–Trinajstić information content (AvgIpc) is 2.92. The number of nitrogens with zero attached hydrogens (tertiary/aromatic N) is 3. The van der Waals surface area contributed by atoms with Gasteiger partial charge >= 0.3 is 5.97 Å². The lowest BCUT2D eigenvalue weighted by Crippen LogP contribution is -2.10. The second-order valence-corrected chi connectivity index (χ2v) is 5.13. The molecule has 3 rings (SSSR count). The number of carboxylic acid groups (broad SMARTS) is 1. The van der Waals surface area contributed by atoms with Crippen LogP contribution in [-0.4, -0.2) is 31.4 Å². The van der Waals surface area contributed by atoms with E-state index in [1.165, 1.54) is 0 Å². The summed E-state index contributed by atoms with van der Waals surface area (Å²) in [6.45, 7) is 1.60. The van der Waals surface area contributed by atoms with Crippen LogP contribution in [0.15, 0.2) is 42.7 Å². The van der Waals surface area contributed by atoms with Crippen LogP contribution in [-0.2, 0) is 11.3 Å². The third-order valence-corrected chi connectivity index (χ3v) is 3.62. The summed E-state index contributed by atoms with van der Waals surface area (Å²) in [6, 6.07) is 8.73. The van der Waals surface area contributed by atoms with Crippen LogP contribution in [0.1, 0.15) is 23.7 Å². The number of pyridine rings is 1. The number of aromatic nitrogens is 3. The first-order valence-corrected chi connectivity index (χ1v) is 7.26. The van der Waals surface area contributed by atoms with Crippen LogP contribution in [0.3, 0.4) is 0 Å². The second-order valence-electron chi connectivity index (χ2n) is 5.13. The Morgan fingerprint density at radius 2 is 1.91 bits per heavy atom. The summed E-state index contributed by atoms with van der Waals surface area (Å²) >= 11 is 0. The molecule has 116 valence electrons. The molecule has 0 radical (unpaired) electrons. The van der Waals surface area contributed by atoms with E-state index in [0.29, 0.717) is 28.8 Å². The van der Waals surface area contributed by atoms with E-state index in [-0.39, 0.29) is 12.3 Å². The number of benzene rings is 1. The van der Waals surface area contributed by atoms with E-state index < -0.39 is 5.97 Å². The van der Waals surface area contributed by atoms with E-state index in [1.54, 1.807) is 54.2 Å². The van der Waals surface area contributed by atoms with Gasteiger partial charge in [0.05, 0.1) is 11.0 Å². The number of hydrogen-bond donors (Lipinski definition) is 1. The number of rotatable bonds is 5. The van der Waals surface area contributed by atoms with Gasteiger partial charge in [0, 0.05) is 29.9 Å². The fourth-order valence-corrected chi connectivity index (χ4v) is 2.52. The lowest BCUT2D eigenvalue weighted by atomic mass is 10.1. The first-order valence-electron chi connectivity index (χ1n) is 7.26. The predicted octanol–water partition coefficient (Wildman–Crippen LogP) is 2.78. The van der Waals surface area contributed by atoms with Crippen molar-refractivity contribution < 1.29 is 14.7 Å². The van der Waals surface area contributed by atoms with Crippen molar-refractivity contribution in [2.24, 2.45) is 0 Å². The van der Waals surface area contributed by atoms with Crippen LogP contribution < -0.4 is 0 Å². The number of aliphatic carboxylic acids is 1. The number of imidazole rings is 1. The molecule has 0 bridgehead atoms. The van der Waals surface area contributed by atoms with Gasteiger partial charge in [-0.25, -0.2) is 4.98 Å². The fourth-order valence-electron chi connectivity index (χ4n) is 2.52. The highest BCUT2D eigenvalue weighted by molar-refractivity contribution is 5.99. The Kier molecular flexibility index (Phi) is 3.89. The number of hydrogen-bond acceptors (Lipinski definition) is 4. The highest BCUT2D eigenvalue weighted by Gasteiger charge is 2.16. The van der Waals surface area contributed by atoms with Crippen molar-refractivity contribution in [1.29, 1.82) is 0 Å². The molecule has 3 aromatic rings. The molecule has 0 saturated carbocycles. The molecular weight excluding hydrogens is 294 g/mol. The number of ketones is 1. The minimum atomic E-state index is -0.951. The van der Waals surface area contributed by atoms with Crippen molar-refractivity contribution in [2.75, 3.05) is 0 Å². The van der Waals surface area contributed by atoms with E-state index in [1.807, 2.05) is 0 Å². The van der Waals surface area contributed by atoms with E-state index in [4.69, 9.17) is 0 Å². The number of carbonyl (C=O) groups is 2. The molecule has 6 heteroatoms. The standard InChI is InChI=1S/C17H15N3O3/c1-2-15(21)12-3-4-14-13(9-12)19-17(20(14)10-16(22)23)11-5-7-18-8-6-11/h3-9H,2,10H2,1H3,(H,22,23). The molecule has 0 aliphatic carbocycles. The SMILES string of the molecule is CCC(=O)c1ccc2c(c1)nc(-c1ccncc1)n2CC(=O)O. The molecule has 0 saturated heterocycles. The number of carboxylic acids is 1. The van der Waals surface area contributed by atoms with Crippen LogP contribution in [0.4, 0.5) is 0 Å². The molecule has 23 heavy (non-hydrogen) atoms. The first kappa shape index (κ1) is 14.9. The van der Waals surface area contributed by atoms with Gasteiger partial charge in [0.25, 0.3) is 0 Å². The predicted molar refractivity (Wildman–Crippen MR) is 85.2 cm³/mol. The van der Waals surface area contributed by atoms with Crippen molar-refractivity contribution >= 4 is 22.8 Å². The van der Waals surface area contributed by atoms with Crippen molar-refractivity contribution in [3.05, 3.63) is 48.3 Å². The molecule has 1 N–H and O–H groups in total. The van der Waals surface area contributed by atoms with Gasteiger partial charge in [0.2, 0.25) is 0 Å². The normalized spacial score (nSPS) is 10.8. The van der Waals surface area contributed by atoms with Crippen molar-refractivity contribution in [1.82, 2.24) is 14.5 Å². The third-order valence-electron chi connectivity index (χ3n) is 3.62. The highest BCUT2D eigenvalue weighted by Crippen LogP contribution is 2.25. The number of carbonyl (C=O) groups excluding carboxylic acids is 1. The van der Waals surface area contributed by atoms with Gasteiger partial charge in [-0.2, -0.15) is 0 Å². The van der Waals surface area contributed by atoms with Gasteiger partial charge in [-0.1, -0.05) is 6.92 Å². The molecule has 0 spiro atoms. The molecule has 0 aliphatic heterocycles. The summed E-state index contributed by atoms with van der Waals surface area (Å²) in [6.07, 6.45) is 3.68. The zero-order chi connectivity index (χ0) is 16.4. The van der Waals surface area contributed by atoms with Crippen LogP contribution in [0.2, 0.25) is 0 Å². The Labute approximate surface area is 132 Å². The molecule has 0 fully saturated rings. The molecule has 0 unspecified atom stereocenters. The molecule has 0 aliphatic rings. The lowest BCUT2D eigenvalue weighted by Gasteiger charge is -2.06. The average molecular weight is 309 g/mol. The van der Waals surface area contributed by atoms with E-state index in [2.05, 4.69) is 9.97 Å². The monoisotopic (exact) mass is 309 g/mol. The summed E-state index contributed by atoms with van der Waals surface area (Å²) in [4.78, 5) is 31.6. The quantitative estimate of drug-likeness (QED) is 0.732. The number of Topliss-reactive ketones (excluding diaryl/α,β-unsaturated/α-hetero) is 1. The van der Waals surface area contributed by atoms with E-state index >= 15 is 0 Å². The Morgan fingerprint density at radius 1 is 1.17 bits per heavy atom. The minimum absolute atomic E-state index is 0.0325. The van der Waals surface area contributed by atoms with Crippen molar-refractivity contribution in [3.8, 4) is 11.4 Å². The minimum Gasteiger partial charge on any atom is -0.480 e. The second kappa shape index (κ2) is 6.00. The van der Waals surface area contributed by atoms with Gasteiger partial charge in [0.1, 0.15) is 12.4 Å². The Hall–Kier alpha value is -3.02. The summed E-state index contributed by atoms with van der Waals surface area (Å²) in [7, 11) is 0. The summed E-state index contributed by atoms with van der Waals surface area (Å²) in [5, 5.41) is 9.18. The molecule has 0 atom stereocenters. The van der Waals surface area contributed by atoms with Crippen LogP contribution in [0.25, 0.3) is 22.4 Å². The topological polar surface area (TPSA) is 85.1 Å². The van der Waals surface area contributed by atoms with Gasteiger partial charge in [0.15, 0.2) is 5.78 Å². The van der Waals surface area contributed by atoms with Crippen LogP contribution in [0.5, 0.6) is 0 Å². The summed E-state index contributed by atoms with van der Waals surface area (Å²) < 4.78 is 1.63. The van der Waals surface area contributed by atoms with Crippen molar-refractivity contribution in [2.45, 2.75) is 19.9 Å². The van der Waals surface area contributed by atoms with Crippen LogP contribution in [0, 0.1) is 0 Å². The van der Waals surface area contributed by atoms with Crippen LogP contribution >= 0.6 is 0 Å². The first-order chi connectivity index (χ1) is 11.1. The van der Waals surface area contributed by atoms with Gasteiger partial charge in [-0.15, -0.1) is 0 Å². The molecular formula is C17H15N3O3.